The second-order valence-electron chi connectivity index (χ2n) is 6.82. The van der Waals surface area contributed by atoms with E-state index in [-0.39, 0.29) is 5.78 Å². The Morgan fingerprint density at radius 3 is 2.37 bits per heavy atom. The van der Waals surface area contributed by atoms with E-state index in [9.17, 15) is 14.4 Å². The third-order valence-corrected chi connectivity index (χ3v) is 6.39. The Bertz CT molecular complexity index is 1260. The van der Waals surface area contributed by atoms with Crippen molar-refractivity contribution in [2.75, 3.05) is 0 Å². The molecule has 5 rings (SSSR count). The summed E-state index contributed by atoms with van der Waals surface area (Å²) in [6.07, 6.45) is 0. The molecule has 3 heterocycles. The number of aliphatic imine (C=N–C) groups is 1. The molecule has 2 aliphatic rings. The summed E-state index contributed by atoms with van der Waals surface area (Å²) in [7, 11) is 3.07. The summed E-state index contributed by atoms with van der Waals surface area (Å²) < 4.78 is 2.48. The highest BCUT2D eigenvalue weighted by Gasteiger charge is 2.48. The molecule has 0 unspecified atom stereocenters. The number of carbonyl (C=O) groups is 1. The summed E-state index contributed by atoms with van der Waals surface area (Å²) in [5, 5.41) is 1.93. The van der Waals surface area contributed by atoms with E-state index in [0.29, 0.717) is 22.7 Å². The molecular weight excluding hydrogens is 362 g/mol. The predicted molar refractivity (Wildman–Crippen MR) is 104 cm³/mol. The number of Topliss-reactive ketones (excluding diaryl/α,β-unsaturated/α-hetero) is 1. The minimum absolute atomic E-state index is 0.0238. The van der Waals surface area contributed by atoms with Crippen molar-refractivity contribution in [1.82, 2.24) is 9.13 Å². The van der Waals surface area contributed by atoms with Crippen LogP contribution >= 0.6 is 11.3 Å². The zero-order valence-corrected chi connectivity index (χ0v) is 15.5. The van der Waals surface area contributed by atoms with E-state index in [1.165, 1.54) is 23.0 Å². The van der Waals surface area contributed by atoms with Crippen LogP contribution in [0, 0.1) is 5.92 Å². The van der Waals surface area contributed by atoms with Gasteiger partial charge in [-0.15, -0.1) is 11.3 Å². The zero-order chi connectivity index (χ0) is 18.9. The number of aromatic nitrogens is 2. The highest BCUT2D eigenvalue weighted by Crippen LogP contribution is 2.47. The van der Waals surface area contributed by atoms with Crippen molar-refractivity contribution in [3.05, 3.63) is 84.2 Å². The van der Waals surface area contributed by atoms with Gasteiger partial charge in [0.15, 0.2) is 5.78 Å². The lowest BCUT2D eigenvalue weighted by Crippen LogP contribution is -2.43. The van der Waals surface area contributed by atoms with Crippen LogP contribution in [0.2, 0.25) is 0 Å². The van der Waals surface area contributed by atoms with Gasteiger partial charge in [0.25, 0.3) is 5.56 Å². The number of thiophene rings is 1. The normalized spacial score (nSPS) is 20.1. The predicted octanol–water partition coefficient (Wildman–Crippen LogP) is 2.22. The number of carbonyl (C=O) groups excluding carboxylic acids is 1. The summed E-state index contributed by atoms with van der Waals surface area (Å²) in [6.45, 7) is 0. The number of rotatable bonds is 1. The van der Waals surface area contributed by atoms with Gasteiger partial charge in [-0.3, -0.25) is 18.7 Å². The Morgan fingerprint density at radius 1 is 0.926 bits per heavy atom. The molecule has 0 N–H and O–H groups in total. The van der Waals surface area contributed by atoms with Crippen molar-refractivity contribution in [2.24, 2.45) is 25.0 Å². The molecule has 0 bridgehead atoms. The van der Waals surface area contributed by atoms with Crippen molar-refractivity contribution >= 4 is 28.6 Å². The van der Waals surface area contributed by atoms with Gasteiger partial charge in [-0.2, -0.15) is 0 Å². The number of hydrogen-bond acceptors (Lipinski definition) is 5. The van der Waals surface area contributed by atoms with Crippen LogP contribution in [0.25, 0.3) is 0 Å². The number of nitrogens with zero attached hydrogens (tertiary/aromatic N) is 3. The van der Waals surface area contributed by atoms with Gasteiger partial charge in [-0.25, -0.2) is 9.79 Å². The first-order valence-corrected chi connectivity index (χ1v) is 9.44. The van der Waals surface area contributed by atoms with E-state index in [4.69, 9.17) is 0 Å². The third-order valence-electron chi connectivity index (χ3n) is 5.43. The Labute approximate surface area is 158 Å². The summed E-state index contributed by atoms with van der Waals surface area (Å²) in [5.74, 6) is -0.668. The standard InChI is InChI=1S/C20H15N3O3S/c1-22-18-15(19(25)23(2)20(22)26)13(12-8-5-9-27-12)14-16(21-18)10-6-3-4-7-11(10)17(14)24/h3-9,13-14H,1-2H3/t13-,14-/m1/s1. The fourth-order valence-corrected chi connectivity index (χ4v) is 5.01. The first-order chi connectivity index (χ1) is 13.0. The quantitative estimate of drug-likeness (QED) is 0.653. The molecule has 6 nitrogen and oxygen atoms in total. The molecule has 0 saturated heterocycles. The average molecular weight is 377 g/mol. The highest BCUT2D eigenvalue weighted by atomic mass is 32.1. The van der Waals surface area contributed by atoms with Gasteiger partial charge in [0, 0.05) is 36.0 Å². The van der Waals surface area contributed by atoms with Gasteiger partial charge in [0.2, 0.25) is 0 Å². The maximum absolute atomic E-state index is 13.2. The van der Waals surface area contributed by atoms with Crippen molar-refractivity contribution < 1.29 is 4.79 Å². The Hall–Kier alpha value is -3.06. The molecule has 1 aliphatic carbocycles. The van der Waals surface area contributed by atoms with Crippen LogP contribution in [-0.2, 0) is 14.1 Å². The van der Waals surface area contributed by atoms with Crippen molar-refractivity contribution in [1.29, 1.82) is 0 Å². The molecule has 2 atom stereocenters. The van der Waals surface area contributed by atoms with E-state index >= 15 is 0 Å². The fourth-order valence-electron chi connectivity index (χ4n) is 4.14. The molecule has 0 amide bonds. The minimum atomic E-state index is -0.543. The second-order valence-corrected chi connectivity index (χ2v) is 7.80. The van der Waals surface area contributed by atoms with Crippen molar-refractivity contribution in [2.45, 2.75) is 5.92 Å². The van der Waals surface area contributed by atoms with Crippen LogP contribution in [0.3, 0.4) is 0 Å². The van der Waals surface area contributed by atoms with E-state index in [1.54, 1.807) is 13.1 Å². The first kappa shape index (κ1) is 16.1. The molecule has 1 aromatic carbocycles. The monoisotopic (exact) mass is 377 g/mol. The lowest BCUT2D eigenvalue weighted by molar-refractivity contribution is 0.0953. The first-order valence-electron chi connectivity index (χ1n) is 8.56. The van der Waals surface area contributed by atoms with Gasteiger partial charge >= 0.3 is 5.69 Å². The molecule has 134 valence electrons. The van der Waals surface area contributed by atoms with Crippen molar-refractivity contribution in [3.63, 3.8) is 0 Å². The molecule has 7 heteroatoms. The van der Waals surface area contributed by atoms with Gasteiger partial charge in [0.1, 0.15) is 5.82 Å². The maximum atomic E-state index is 13.2. The van der Waals surface area contributed by atoms with Crippen LogP contribution in [0.4, 0.5) is 5.82 Å². The molecular formula is C20H15N3O3S. The van der Waals surface area contributed by atoms with Crippen LogP contribution in [-0.4, -0.2) is 20.6 Å². The van der Waals surface area contributed by atoms with Gasteiger partial charge in [-0.05, 0) is 11.4 Å². The van der Waals surface area contributed by atoms with Crippen molar-refractivity contribution in [3.8, 4) is 0 Å². The van der Waals surface area contributed by atoms with Gasteiger partial charge in [0.05, 0.1) is 17.2 Å². The highest BCUT2D eigenvalue weighted by molar-refractivity contribution is 7.10. The van der Waals surface area contributed by atoms with E-state index in [0.717, 1.165) is 15.0 Å². The molecule has 27 heavy (non-hydrogen) atoms. The maximum Gasteiger partial charge on any atom is 0.332 e. The second kappa shape index (κ2) is 5.47. The molecule has 3 aromatic rings. The largest absolute Gasteiger partial charge is 0.332 e. The molecule has 0 saturated carbocycles. The van der Waals surface area contributed by atoms with Gasteiger partial charge < -0.3 is 0 Å². The topological polar surface area (TPSA) is 73.4 Å². The van der Waals surface area contributed by atoms with Crippen LogP contribution < -0.4 is 11.2 Å². The average Bonchev–Trinajstić information content (AvgIpc) is 3.31. The van der Waals surface area contributed by atoms with E-state index in [2.05, 4.69) is 4.99 Å². The molecule has 0 spiro atoms. The van der Waals surface area contributed by atoms with Crippen LogP contribution in [0.1, 0.15) is 32.3 Å². The Balaban J connectivity index is 1.93. The number of ketones is 1. The lowest BCUT2D eigenvalue weighted by Gasteiger charge is -2.28. The minimum Gasteiger partial charge on any atom is -0.293 e. The molecule has 0 radical (unpaired) electrons. The van der Waals surface area contributed by atoms with E-state index < -0.39 is 23.1 Å². The summed E-state index contributed by atoms with van der Waals surface area (Å²) >= 11 is 1.50. The smallest absolute Gasteiger partial charge is 0.293 e. The molecule has 0 fully saturated rings. The Kier molecular flexibility index (Phi) is 3.27. The number of fused-ring (bicyclic) bond motifs is 4. The zero-order valence-electron chi connectivity index (χ0n) is 14.7. The van der Waals surface area contributed by atoms with E-state index in [1.807, 2.05) is 35.7 Å². The fraction of sp³-hybridized carbons (Fsp3) is 0.200. The summed E-state index contributed by atoms with van der Waals surface area (Å²) in [4.78, 5) is 44.3. The third kappa shape index (κ3) is 2.00. The lowest BCUT2D eigenvalue weighted by atomic mass is 9.80. The number of hydrogen-bond donors (Lipinski definition) is 0. The molecule has 2 aromatic heterocycles. The SMILES string of the molecule is Cn1c2c(c(=O)n(C)c1=O)[C@H](c1cccs1)[C@H]1C(=O)c3ccccc3C1=N2. The summed E-state index contributed by atoms with van der Waals surface area (Å²) in [6, 6.07) is 11.2. The summed E-state index contributed by atoms with van der Waals surface area (Å²) in [5.41, 5.74) is 1.65. The molecule has 1 aliphatic heterocycles. The number of benzene rings is 1. The van der Waals surface area contributed by atoms with Crippen LogP contribution in [0.15, 0.2) is 56.4 Å². The van der Waals surface area contributed by atoms with Crippen LogP contribution in [0.5, 0.6) is 0 Å². The Morgan fingerprint density at radius 2 is 1.67 bits per heavy atom. The van der Waals surface area contributed by atoms with Gasteiger partial charge in [-0.1, -0.05) is 30.3 Å².